The molecule has 1 aliphatic carbocycles. The normalized spacial score (nSPS) is 12.6. The van der Waals surface area contributed by atoms with Crippen molar-refractivity contribution in [3.63, 3.8) is 0 Å². The summed E-state index contributed by atoms with van der Waals surface area (Å²) in [7, 11) is 0. The summed E-state index contributed by atoms with van der Waals surface area (Å²) in [5, 5.41) is 20.0. The highest BCUT2D eigenvalue weighted by Gasteiger charge is 2.35. The first kappa shape index (κ1) is 14.8. The number of rotatable bonds is 2. The Labute approximate surface area is 130 Å². The molecule has 116 valence electrons. The lowest BCUT2D eigenvalue weighted by Gasteiger charge is -2.19. The van der Waals surface area contributed by atoms with E-state index in [1.165, 1.54) is 24.3 Å². The van der Waals surface area contributed by atoms with Crippen molar-refractivity contribution < 1.29 is 29.3 Å². The molecule has 6 nitrogen and oxygen atoms in total. The van der Waals surface area contributed by atoms with Gasteiger partial charge in [0.05, 0.1) is 23.3 Å². The number of ether oxygens (including phenoxy) is 1. The Bertz CT molecular complexity index is 866. The highest BCUT2D eigenvalue weighted by atomic mass is 16.5. The Morgan fingerprint density at radius 2 is 1.65 bits per heavy atom. The predicted molar refractivity (Wildman–Crippen MR) is 79.0 cm³/mol. The highest BCUT2D eigenvalue weighted by Crippen LogP contribution is 2.37. The van der Waals surface area contributed by atoms with Gasteiger partial charge in [-0.2, -0.15) is 0 Å². The lowest BCUT2D eigenvalue weighted by molar-refractivity contribution is 0.0525. The molecule has 2 aromatic carbocycles. The van der Waals surface area contributed by atoms with Crippen molar-refractivity contribution in [2.24, 2.45) is 0 Å². The summed E-state index contributed by atoms with van der Waals surface area (Å²) >= 11 is 0. The van der Waals surface area contributed by atoms with Crippen molar-refractivity contribution >= 4 is 17.5 Å². The Balaban J connectivity index is 2.24. The molecule has 2 aromatic rings. The van der Waals surface area contributed by atoms with Crippen LogP contribution in [0, 0.1) is 0 Å². The molecule has 0 heterocycles. The van der Waals surface area contributed by atoms with E-state index in [4.69, 9.17) is 4.74 Å². The van der Waals surface area contributed by atoms with Gasteiger partial charge in [-0.15, -0.1) is 0 Å². The smallest absolute Gasteiger partial charge is 0.338 e. The van der Waals surface area contributed by atoms with Gasteiger partial charge < -0.3 is 14.9 Å². The first-order valence-electron chi connectivity index (χ1n) is 6.91. The zero-order chi connectivity index (χ0) is 16.7. The van der Waals surface area contributed by atoms with Gasteiger partial charge in [0, 0.05) is 11.1 Å². The molecule has 0 unspecified atom stereocenters. The lowest BCUT2D eigenvalue weighted by Crippen LogP contribution is -2.22. The van der Waals surface area contributed by atoms with E-state index in [1.807, 2.05) is 0 Å². The summed E-state index contributed by atoms with van der Waals surface area (Å²) in [5.74, 6) is -2.73. The van der Waals surface area contributed by atoms with E-state index in [0.29, 0.717) is 0 Å². The molecule has 0 spiro atoms. The number of aromatic hydroxyl groups is 2. The molecule has 0 fully saturated rings. The number of hydrogen-bond acceptors (Lipinski definition) is 6. The van der Waals surface area contributed by atoms with Crippen LogP contribution >= 0.6 is 0 Å². The first-order chi connectivity index (χ1) is 11.0. The van der Waals surface area contributed by atoms with Crippen molar-refractivity contribution in [1.29, 1.82) is 0 Å². The Hall–Kier alpha value is -3.15. The molecule has 0 atom stereocenters. The molecule has 6 heteroatoms. The molecule has 0 bridgehead atoms. The number of phenolic OH excluding ortho intramolecular Hbond substituents is 2. The van der Waals surface area contributed by atoms with Gasteiger partial charge in [0.1, 0.15) is 11.5 Å². The zero-order valence-electron chi connectivity index (χ0n) is 12.1. The molecular formula is C17H12O6. The van der Waals surface area contributed by atoms with E-state index >= 15 is 0 Å². The third-order valence-corrected chi connectivity index (χ3v) is 3.61. The molecule has 3 rings (SSSR count). The highest BCUT2D eigenvalue weighted by molar-refractivity contribution is 6.30. The van der Waals surface area contributed by atoms with Gasteiger partial charge in [0.25, 0.3) is 0 Å². The van der Waals surface area contributed by atoms with E-state index in [-0.39, 0.29) is 40.2 Å². The third kappa shape index (κ3) is 2.15. The first-order valence-corrected chi connectivity index (χ1v) is 6.91. The van der Waals surface area contributed by atoms with Crippen molar-refractivity contribution in [3.8, 4) is 11.5 Å². The summed E-state index contributed by atoms with van der Waals surface area (Å²) in [6, 6.07) is 6.42. The van der Waals surface area contributed by atoms with Crippen LogP contribution in [0.15, 0.2) is 30.3 Å². The van der Waals surface area contributed by atoms with Crippen LogP contribution in [-0.2, 0) is 4.74 Å². The monoisotopic (exact) mass is 312 g/mol. The number of phenols is 2. The number of carbonyl (C=O) groups is 3. The van der Waals surface area contributed by atoms with Gasteiger partial charge in [-0.25, -0.2) is 4.79 Å². The average Bonchev–Trinajstić information content (AvgIpc) is 2.52. The summed E-state index contributed by atoms with van der Waals surface area (Å²) in [4.78, 5) is 36.9. The van der Waals surface area contributed by atoms with Crippen LogP contribution in [0.25, 0.3) is 0 Å². The van der Waals surface area contributed by atoms with Crippen molar-refractivity contribution in [2.75, 3.05) is 6.61 Å². The number of fused-ring (bicyclic) bond motifs is 2. The molecule has 0 aliphatic heterocycles. The molecule has 0 radical (unpaired) electrons. The molecule has 0 aromatic heterocycles. The van der Waals surface area contributed by atoms with Crippen LogP contribution in [0.3, 0.4) is 0 Å². The van der Waals surface area contributed by atoms with Crippen LogP contribution in [0.1, 0.15) is 49.1 Å². The van der Waals surface area contributed by atoms with Crippen LogP contribution in [-0.4, -0.2) is 34.4 Å². The predicted octanol–water partition coefficient (Wildman–Crippen LogP) is 2.05. The summed E-state index contributed by atoms with van der Waals surface area (Å²) in [5.41, 5.74) is -0.469. The molecule has 23 heavy (non-hydrogen) atoms. The summed E-state index contributed by atoms with van der Waals surface area (Å²) < 4.78 is 4.83. The minimum Gasteiger partial charge on any atom is -0.507 e. The Kier molecular flexibility index (Phi) is 3.37. The maximum Gasteiger partial charge on any atom is 0.338 e. The molecule has 0 saturated heterocycles. The van der Waals surface area contributed by atoms with Gasteiger partial charge in [-0.1, -0.05) is 12.1 Å². The number of benzene rings is 2. The van der Waals surface area contributed by atoms with Crippen LogP contribution in [0.5, 0.6) is 11.5 Å². The largest absolute Gasteiger partial charge is 0.507 e. The van der Waals surface area contributed by atoms with Gasteiger partial charge in [0.15, 0.2) is 11.6 Å². The van der Waals surface area contributed by atoms with E-state index in [2.05, 4.69) is 0 Å². The molecular weight excluding hydrogens is 300 g/mol. The fourth-order valence-electron chi connectivity index (χ4n) is 2.61. The van der Waals surface area contributed by atoms with Gasteiger partial charge in [-0.3, -0.25) is 9.59 Å². The van der Waals surface area contributed by atoms with Gasteiger partial charge in [0.2, 0.25) is 0 Å². The SMILES string of the molecule is CCOC(=O)c1cc(O)c2c(c1)C(=O)c1c(O)cccc1C2=O. The van der Waals surface area contributed by atoms with Crippen molar-refractivity contribution in [3.05, 3.63) is 58.1 Å². The number of hydrogen-bond donors (Lipinski definition) is 2. The lowest BCUT2D eigenvalue weighted by atomic mass is 9.82. The summed E-state index contributed by atoms with van der Waals surface area (Å²) in [6.07, 6.45) is 0. The molecule has 0 amide bonds. The number of esters is 1. The topological polar surface area (TPSA) is 101 Å². The second-order valence-electron chi connectivity index (χ2n) is 5.00. The van der Waals surface area contributed by atoms with Crippen molar-refractivity contribution in [1.82, 2.24) is 0 Å². The average molecular weight is 312 g/mol. The maximum atomic E-state index is 12.6. The quantitative estimate of drug-likeness (QED) is 0.702. The van der Waals surface area contributed by atoms with Crippen LogP contribution < -0.4 is 0 Å². The van der Waals surface area contributed by atoms with Crippen LogP contribution in [0.2, 0.25) is 0 Å². The third-order valence-electron chi connectivity index (χ3n) is 3.61. The zero-order valence-corrected chi connectivity index (χ0v) is 12.1. The molecule has 2 N–H and O–H groups in total. The fraction of sp³-hybridized carbons (Fsp3) is 0.118. The van der Waals surface area contributed by atoms with Gasteiger partial charge in [-0.05, 0) is 25.1 Å². The second-order valence-corrected chi connectivity index (χ2v) is 5.00. The fourth-order valence-corrected chi connectivity index (χ4v) is 2.61. The Morgan fingerprint density at radius 3 is 2.35 bits per heavy atom. The number of ketones is 2. The van der Waals surface area contributed by atoms with E-state index < -0.39 is 23.3 Å². The second kappa shape index (κ2) is 5.24. The standard InChI is InChI=1S/C17H12O6/c1-2-23-17(22)8-6-10-14(12(19)7-8)15(20)9-4-3-5-11(18)13(9)16(10)21/h3-7,18-19H,2H2,1H3. The minimum absolute atomic E-state index is 0.0154. The van der Waals surface area contributed by atoms with Crippen LogP contribution in [0.4, 0.5) is 0 Å². The number of carbonyl (C=O) groups excluding carboxylic acids is 3. The molecule has 1 aliphatic rings. The summed E-state index contributed by atoms with van der Waals surface area (Å²) in [6.45, 7) is 1.76. The van der Waals surface area contributed by atoms with E-state index in [9.17, 15) is 24.6 Å². The minimum atomic E-state index is -0.714. The van der Waals surface area contributed by atoms with E-state index in [0.717, 1.165) is 6.07 Å². The molecule has 0 saturated carbocycles. The maximum absolute atomic E-state index is 12.6. The Morgan fingerprint density at radius 1 is 1.00 bits per heavy atom. The van der Waals surface area contributed by atoms with E-state index in [1.54, 1.807) is 6.92 Å². The van der Waals surface area contributed by atoms with Gasteiger partial charge >= 0.3 is 5.97 Å². The van der Waals surface area contributed by atoms with Crippen molar-refractivity contribution in [2.45, 2.75) is 6.92 Å².